The molecule has 0 aliphatic heterocycles. The van der Waals surface area contributed by atoms with Crippen LogP contribution in [0.25, 0.3) is 10.9 Å². The summed E-state index contributed by atoms with van der Waals surface area (Å²) in [6.45, 7) is 3.96. The minimum Gasteiger partial charge on any atom is -0.391 e. The van der Waals surface area contributed by atoms with Gasteiger partial charge in [-0.25, -0.2) is 0 Å². The molecule has 1 aromatic carbocycles. The number of hydrogen-bond acceptors (Lipinski definition) is 4. The number of hydrogen-bond donors (Lipinski definition) is 2. The zero-order chi connectivity index (χ0) is 14.4. The number of ether oxygens (including phenoxy) is 1. The van der Waals surface area contributed by atoms with Crippen LogP contribution in [-0.4, -0.2) is 36.5 Å². The number of aromatic nitrogens is 1. The molecule has 0 aliphatic rings. The number of pyridine rings is 1. The van der Waals surface area contributed by atoms with Gasteiger partial charge in [-0.2, -0.15) is 0 Å². The molecule has 20 heavy (non-hydrogen) atoms. The van der Waals surface area contributed by atoms with E-state index < -0.39 is 6.10 Å². The van der Waals surface area contributed by atoms with Gasteiger partial charge in [-0.05, 0) is 43.7 Å². The molecule has 1 unspecified atom stereocenters. The molecule has 0 amide bonds. The number of fused-ring (bicyclic) bond motifs is 1. The van der Waals surface area contributed by atoms with Gasteiger partial charge in [0.25, 0.3) is 0 Å². The van der Waals surface area contributed by atoms with E-state index in [9.17, 15) is 5.11 Å². The standard InChI is InChI=1S/C16H22N2O2/c1-12-3-5-14-9-13(4-6-16(14)18-12)10-17-8-7-15(19)11-20-2/h3-6,9,15,17,19H,7-8,10-11H2,1-2H3. The Labute approximate surface area is 119 Å². The topological polar surface area (TPSA) is 54.4 Å². The summed E-state index contributed by atoms with van der Waals surface area (Å²) >= 11 is 0. The molecule has 0 aliphatic carbocycles. The van der Waals surface area contributed by atoms with Crippen molar-refractivity contribution in [3.63, 3.8) is 0 Å². The van der Waals surface area contributed by atoms with Crippen LogP contribution < -0.4 is 5.32 Å². The summed E-state index contributed by atoms with van der Waals surface area (Å²) in [7, 11) is 1.60. The maximum atomic E-state index is 9.54. The quantitative estimate of drug-likeness (QED) is 0.759. The molecule has 1 heterocycles. The molecule has 0 fully saturated rings. The first kappa shape index (κ1) is 14.9. The summed E-state index contributed by atoms with van der Waals surface area (Å²) in [5.74, 6) is 0. The van der Waals surface area contributed by atoms with Crippen molar-refractivity contribution in [2.45, 2.75) is 26.0 Å². The molecule has 0 saturated carbocycles. The smallest absolute Gasteiger partial charge is 0.0785 e. The molecular formula is C16H22N2O2. The molecule has 0 bridgehead atoms. The SMILES string of the molecule is COCC(O)CCNCc1ccc2nc(C)ccc2c1. The van der Waals surface area contributed by atoms with E-state index in [1.807, 2.05) is 13.0 Å². The first-order valence-electron chi connectivity index (χ1n) is 6.93. The Balaban J connectivity index is 1.86. The van der Waals surface area contributed by atoms with Crippen LogP contribution in [0, 0.1) is 6.92 Å². The van der Waals surface area contributed by atoms with Crippen LogP contribution in [0.15, 0.2) is 30.3 Å². The second-order valence-corrected chi connectivity index (χ2v) is 5.05. The van der Waals surface area contributed by atoms with Crippen molar-refractivity contribution in [2.24, 2.45) is 0 Å². The average Bonchev–Trinajstić information content (AvgIpc) is 2.44. The van der Waals surface area contributed by atoms with E-state index in [2.05, 4.69) is 34.6 Å². The molecule has 2 aromatic rings. The van der Waals surface area contributed by atoms with Gasteiger partial charge in [0.1, 0.15) is 0 Å². The van der Waals surface area contributed by atoms with Gasteiger partial charge in [-0.15, -0.1) is 0 Å². The van der Waals surface area contributed by atoms with Crippen molar-refractivity contribution >= 4 is 10.9 Å². The summed E-state index contributed by atoms with van der Waals surface area (Å²) in [5, 5.41) is 14.0. The highest BCUT2D eigenvalue weighted by Gasteiger charge is 2.03. The Morgan fingerprint density at radius 3 is 2.95 bits per heavy atom. The Bertz CT molecular complexity index is 557. The molecule has 0 spiro atoms. The largest absolute Gasteiger partial charge is 0.391 e. The number of nitrogens with zero attached hydrogens (tertiary/aromatic N) is 1. The Morgan fingerprint density at radius 2 is 2.15 bits per heavy atom. The average molecular weight is 274 g/mol. The highest BCUT2D eigenvalue weighted by molar-refractivity contribution is 5.79. The highest BCUT2D eigenvalue weighted by atomic mass is 16.5. The molecule has 4 nitrogen and oxygen atoms in total. The fraction of sp³-hybridized carbons (Fsp3) is 0.438. The third-order valence-electron chi connectivity index (χ3n) is 3.24. The van der Waals surface area contributed by atoms with Gasteiger partial charge in [-0.1, -0.05) is 12.1 Å². The van der Waals surface area contributed by atoms with E-state index in [1.165, 1.54) is 5.56 Å². The van der Waals surface area contributed by atoms with Crippen LogP contribution >= 0.6 is 0 Å². The van der Waals surface area contributed by atoms with Gasteiger partial charge in [0.15, 0.2) is 0 Å². The lowest BCUT2D eigenvalue weighted by Gasteiger charge is -2.10. The number of aliphatic hydroxyl groups excluding tert-OH is 1. The molecule has 1 atom stereocenters. The molecule has 2 N–H and O–H groups in total. The second-order valence-electron chi connectivity index (χ2n) is 5.05. The van der Waals surface area contributed by atoms with E-state index in [1.54, 1.807) is 7.11 Å². The van der Waals surface area contributed by atoms with Crippen molar-refractivity contribution in [3.8, 4) is 0 Å². The molecule has 2 rings (SSSR count). The molecule has 1 aromatic heterocycles. The predicted molar refractivity (Wildman–Crippen MR) is 80.7 cm³/mol. The van der Waals surface area contributed by atoms with Crippen molar-refractivity contribution < 1.29 is 9.84 Å². The molecule has 4 heteroatoms. The predicted octanol–water partition coefficient (Wildman–Crippen LogP) is 2.03. The van der Waals surface area contributed by atoms with Crippen molar-refractivity contribution in [2.75, 3.05) is 20.3 Å². The number of methoxy groups -OCH3 is 1. The van der Waals surface area contributed by atoms with Crippen molar-refractivity contribution in [1.29, 1.82) is 0 Å². The van der Waals surface area contributed by atoms with Crippen LogP contribution in [0.5, 0.6) is 0 Å². The normalized spacial score (nSPS) is 12.8. The maximum Gasteiger partial charge on any atom is 0.0785 e. The van der Waals surface area contributed by atoms with Crippen LogP contribution in [0.1, 0.15) is 17.7 Å². The van der Waals surface area contributed by atoms with E-state index >= 15 is 0 Å². The summed E-state index contributed by atoms with van der Waals surface area (Å²) < 4.78 is 4.89. The van der Waals surface area contributed by atoms with Gasteiger partial charge in [-0.3, -0.25) is 4.98 Å². The zero-order valence-corrected chi connectivity index (χ0v) is 12.1. The third-order valence-corrected chi connectivity index (χ3v) is 3.24. The number of rotatable bonds is 7. The van der Waals surface area contributed by atoms with Gasteiger partial charge in [0.2, 0.25) is 0 Å². The molecule has 0 radical (unpaired) electrons. The third kappa shape index (κ3) is 4.27. The van der Waals surface area contributed by atoms with Gasteiger partial charge in [0.05, 0.1) is 18.2 Å². The summed E-state index contributed by atoms with van der Waals surface area (Å²) in [6.07, 6.45) is 0.304. The van der Waals surface area contributed by atoms with Crippen LogP contribution in [0.2, 0.25) is 0 Å². The lowest BCUT2D eigenvalue weighted by Crippen LogP contribution is -2.23. The Morgan fingerprint density at radius 1 is 1.30 bits per heavy atom. The lowest BCUT2D eigenvalue weighted by molar-refractivity contribution is 0.0594. The number of aryl methyl sites for hydroxylation is 1. The van der Waals surface area contributed by atoms with Gasteiger partial charge in [0, 0.05) is 24.7 Å². The maximum absolute atomic E-state index is 9.54. The zero-order valence-electron chi connectivity index (χ0n) is 12.1. The fourth-order valence-corrected chi connectivity index (χ4v) is 2.16. The fourth-order valence-electron chi connectivity index (χ4n) is 2.16. The number of nitrogens with one attached hydrogen (secondary N) is 1. The minimum absolute atomic E-state index is 0.392. The molecular weight excluding hydrogens is 252 g/mol. The Hall–Kier alpha value is -1.49. The van der Waals surface area contributed by atoms with Crippen molar-refractivity contribution in [1.82, 2.24) is 10.3 Å². The van der Waals surface area contributed by atoms with E-state index in [0.717, 1.165) is 29.7 Å². The van der Waals surface area contributed by atoms with E-state index in [0.29, 0.717) is 13.0 Å². The van der Waals surface area contributed by atoms with Crippen molar-refractivity contribution in [3.05, 3.63) is 41.6 Å². The van der Waals surface area contributed by atoms with Gasteiger partial charge < -0.3 is 15.2 Å². The Kier molecular flexibility index (Phi) is 5.47. The van der Waals surface area contributed by atoms with Crippen LogP contribution in [0.3, 0.4) is 0 Å². The summed E-state index contributed by atoms with van der Waals surface area (Å²) in [4.78, 5) is 4.49. The monoisotopic (exact) mass is 274 g/mol. The second kappa shape index (κ2) is 7.33. The van der Waals surface area contributed by atoms with Gasteiger partial charge >= 0.3 is 0 Å². The first-order valence-corrected chi connectivity index (χ1v) is 6.93. The summed E-state index contributed by atoms with van der Waals surface area (Å²) in [5.41, 5.74) is 3.30. The number of benzene rings is 1. The lowest BCUT2D eigenvalue weighted by atomic mass is 10.1. The van der Waals surface area contributed by atoms with Crippen LogP contribution in [-0.2, 0) is 11.3 Å². The van der Waals surface area contributed by atoms with E-state index in [4.69, 9.17) is 4.74 Å². The highest BCUT2D eigenvalue weighted by Crippen LogP contribution is 2.14. The minimum atomic E-state index is -0.392. The van der Waals surface area contributed by atoms with E-state index in [-0.39, 0.29) is 0 Å². The number of aliphatic hydroxyl groups is 1. The van der Waals surface area contributed by atoms with Crippen LogP contribution in [0.4, 0.5) is 0 Å². The first-order chi connectivity index (χ1) is 9.69. The molecule has 108 valence electrons. The summed E-state index contributed by atoms with van der Waals surface area (Å²) in [6, 6.07) is 10.4. The molecule has 0 saturated heterocycles.